The van der Waals surface area contributed by atoms with Gasteiger partial charge in [-0.3, -0.25) is 9.59 Å². The number of rotatable bonds is 4. The molecule has 0 spiro atoms. The van der Waals surface area contributed by atoms with Gasteiger partial charge in [0.25, 0.3) is 0 Å². The summed E-state index contributed by atoms with van der Waals surface area (Å²) in [5, 5.41) is 13.8. The number of allylic oxidation sites excluding steroid dienone is 2. The zero-order valence-corrected chi connectivity index (χ0v) is 27.3. The second-order valence-electron chi connectivity index (χ2n) is 13.0. The van der Waals surface area contributed by atoms with Crippen molar-refractivity contribution >= 4 is 39.9 Å². The van der Waals surface area contributed by atoms with E-state index in [1.165, 1.54) is 14.3 Å². The van der Waals surface area contributed by atoms with Crippen LogP contribution in [0.3, 0.4) is 0 Å². The van der Waals surface area contributed by atoms with E-state index in [1.54, 1.807) is 54.6 Å². The minimum absolute atomic E-state index is 0.0390. The fourth-order valence-electron chi connectivity index (χ4n) is 8.71. The number of halogens is 1. The molecule has 246 valence electrons. The minimum Gasteiger partial charge on any atom is -0.508 e. The highest BCUT2D eigenvalue weighted by Crippen LogP contribution is 2.64. The summed E-state index contributed by atoms with van der Waals surface area (Å²) in [6.07, 6.45) is 1.95. The van der Waals surface area contributed by atoms with Crippen LogP contribution >= 0.6 is 11.6 Å². The lowest BCUT2D eigenvalue weighted by molar-refractivity contribution is -0.124. The number of benzene rings is 5. The van der Waals surface area contributed by atoms with Gasteiger partial charge in [0.05, 0.1) is 35.3 Å². The average molecular weight is 681 g/mol. The summed E-state index contributed by atoms with van der Waals surface area (Å²) >= 11 is 6.41. The molecule has 4 atom stereocenters. The number of aromatic hydroxyl groups is 1. The van der Waals surface area contributed by atoms with Crippen LogP contribution in [0, 0.1) is 5.92 Å². The molecule has 10 heteroatoms. The monoisotopic (exact) mass is 680 g/mol. The van der Waals surface area contributed by atoms with Crippen LogP contribution in [0.2, 0.25) is 5.02 Å². The van der Waals surface area contributed by atoms with E-state index < -0.39 is 46.5 Å². The van der Waals surface area contributed by atoms with Crippen LogP contribution in [-0.2, 0) is 21.5 Å². The van der Waals surface area contributed by atoms with Crippen molar-refractivity contribution in [2.75, 3.05) is 4.90 Å². The average Bonchev–Trinajstić information content (AvgIpc) is 3.53. The van der Waals surface area contributed by atoms with Gasteiger partial charge >= 0.3 is 11.4 Å². The zero-order valence-electron chi connectivity index (χ0n) is 26.5. The highest BCUT2D eigenvalue weighted by Gasteiger charge is 2.69. The number of imide groups is 1. The molecule has 9 rings (SSSR count). The molecule has 1 saturated heterocycles. The van der Waals surface area contributed by atoms with Gasteiger partial charge < -0.3 is 5.11 Å². The molecule has 0 radical (unpaired) electrons. The summed E-state index contributed by atoms with van der Waals surface area (Å²) in [4.78, 5) is 59.9. The number of amides is 2. The number of phenolic OH excluding ortho intramolecular Hbond substituents is 1. The van der Waals surface area contributed by atoms with Crippen molar-refractivity contribution in [2.24, 2.45) is 5.92 Å². The second-order valence-corrected chi connectivity index (χ2v) is 13.5. The smallest absolute Gasteiger partial charge is 0.352 e. The lowest BCUT2D eigenvalue weighted by atomic mass is 9.52. The number of aromatic nitrogens is 3. The fourth-order valence-corrected chi connectivity index (χ4v) is 8.89. The first-order valence-electron chi connectivity index (χ1n) is 16.4. The summed E-state index contributed by atoms with van der Waals surface area (Å²) in [5.74, 6) is -2.83. The number of fused-ring (bicyclic) bond motifs is 5. The van der Waals surface area contributed by atoms with Gasteiger partial charge in [-0.25, -0.2) is 28.4 Å². The second kappa shape index (κ2) is 11.0. The van der Waals surface area contributed by atoms with Crippen molar-refractivity contribution in [2.45, 2.75) is 30.3 Å². The standard InChI is InChI=1S/C40H29ClN4O5/c41-26-13-9-16-28(22-26)43-36(47)31-23-32-30(20-21-42-38(49)44(39(50)45(32)42)27-14-5-2-6-15-27)35(40(31,37(43)48)25-11-3-1-4-12-25)34-29-17-8-7-10-24(29)18-19-33(34)46/h1-20,22,31-32,35,46H,21,23H2. The number of nitrogens with zero attached hydrogens (tertiary/aromatic N) is 4. The highest BCUT2D eigenvalue weighted by atomic mass is 35.5. The van der Waals surface area contributed by atoms with Crippen LogP contribution < -0.4 is 16.3 Å². The van der Waals surface area contributed by atoms with Crippen LogP contribution in [0.4, 0.5) is 5.69 Å². The summed E-state index contributed by atoms with van der Waals surface area (Å²) in [7, 11) is 0. The van der Waals surface area contributed by atoms with Crippen molar-refractivity contribution < 1.29 is 14.7 Å². The van der Waals surface area contributed by atoms with Gasteiger partial charge in [0.15, 0.2) is 0 Å². The predicted molar refractivity (Wildman–Crippen MR) is 190 cm³/mol. The maximum atomic E-state index is 15.5. The van der Waals surface area contributed by atoms with Gasteiger partial charge in [-0.1, -0.05) is 103 Å². The van der Waals surface area contributed by atoms with Gasteiger partial charge in [0.1, 0.15) is 5.75 Å². The molecule has 2 fully saturated rings. The third-order valence-electron chi connectivity index (χ3n) is 10.7. The van der Waals surface area contributed by atoms with Crippen LogP contribution in [0.15, 0.2) is 143 Å². The van der Waals surface area contributed by atoms with E-state index in [-0.39, 0.29) is 18.7 Å². The Kier molecular flexibility index (Phi) is 6.66. The molecule has 3 heterocycles. The number of carbonyl (C=O) groups is 2. The van der Waals surface area contributed by atoms with E-state index in [2.05, 4.69) is 0 Å². The first-order chi connectivity index (χ1) is 24.3. The molecule has 2 amide bonds. The molecule has 50 heavy (non-hydrogen) atoms. The van der Waals surface area contributed by atoms with Crippen LogP contribution in [0.5, 0.6) is 5.75 Å². The molecular weight excluding hydrogens is 652 g/mol. The maximum absolute atomic E-state index is 15.5. The van der Waals surface area contributed by atoms with Gasteiger partial charge in [0, 0.05) is 16.5 Å². The first-order valence-corrected chi connectivity index (χ1v) is 16.8. The Morgan fingerprint density at radius 3 is 2.20 bits per heavy atom. The molecule has 6 aromatic rings. The van der Waals surface area contributed by atoms with Crippen molar-refractivity contribution in [1.29, 1.82) is 0 Å². The Morgan fingerprint density at radius 1 is 0.740 bits per heavy atom. The lowest BCUT2D eigenvalue weighted by Gasteiger charge is -2.49. The normalized spacial score (nSPS) is 22.6. The van der Waals surface area contributed by atoms with E-state index in [0.717, 1.165) is 9.95 Å². The Morgan fingerprint density at radius 2 is 1.44 bits per heavy atom. The molecule has 9 nitrogen and oxygen atoms in total. The number of phenols is 1. The van der Waals surface area contributed by atoms with E-state index in [1.807, 2.05) is 72.8 Å². The largest absolute Gasteiger partial charge is 0.508 e. The van der Waals surface area contributed by atoms with Crippen molar-refractivity contribution in [3.63, 3.8) is 0 Å². The Hall–Kier alpha value is -5.93. The third kappa shape index (κ3) is 4.01. The molecular formula is C40H29ClN4O5. The predicted octanol–water partition coefficient (Wildman–Crippen LogP) is 6.11. The topological polar surface area (TPSA) is 107 Å². The zero-order chi connectivity index (χ0) is 34.3. The highest BCUT2D eigenvalue weighted by molar-refractivity contribution is 6.32. The fraction of sp³-hybridized carbons (Fsp3) is 0.150. The first kappa shape index (κ1) is 30.2. The molecule has 1 saturated carbocycles. The summed E-state index contributed by atoms with van der Waals surface area (Å²) in [5.41, 5.74) is -0.0507. The summed E-state index contributed by atoms with van der Waals surface area (Å²) in [6.45, 7) is 0.0530. The molecule has 5 aromatic carbocycles. The van der Waals surface area contributed by atoms with Crippen molar-refractivity contribution in [3.05, 3.63) is 170 Å². The Labute approximate surface area is 290 Å². The van der Waals surface area contributed by atoms with Crippen molar-refractivity contribution in [1.82, 2.24) is 13.9 Å². The van der Waals surface area contributed by atoms with E-state index >= 15 is 4.79 Å². The SMILES string of the molecule is O=C1C2CC3C(=CCn4c(=O)n(-c5ccccc5)c(=O)n43)C(c3c(O)ccc4ccccc34)C2(c2ccccc2)C(=O)N1c1cccc(Cl)c1. The molecule has 1 N–H and O–H groups in total. The molecule has 2 aliphatic heterocycles. The molecule has 4 unspecified atom stereocenters. The summed E-state index contributed by atoms with van der Waals surface area (Å²) in [6, 6.07) is 34.8. The van der Waals surface area contributed by atoms with Crippen LogP contribution in [0.25, 0.3) is 16.5 Å². The molecule has 0 bridgehead atoms. The number of para-hydroxylation sites is 1. The van der Waals surface area contributed by atoms with Gasteiger partial charge in [-0.2, -0.15) is 0 Å². The van der Waals surface area contributed by atoms with E-state index in [0.29, 0.717) is 38.5 Å². The van der Waals surface area contributed by atoms with Crippen LogP contribution in [-0.4, -0.2) is 30.9 Å². The Bertz CT molecular complexity index is 2540. The quantitative estimate of drug-likeness (QED) is 0.179. The molecule has 1 aliphatic carbocycles. The lowest BCUT2D eigenvalue weighted by Crippen LogP contribution is -2.53. The van der Waals surface area contributed by atoms with Crippen molar-refractivity contribution in [3.8, 4) is 11.4 Å². The number of hydrogen-bond donors (Lipinski definition) is 1. The molecule has 1 aromatic heterocycles. The summed E-state index contributed by atoms with van der Waals surface area (Å²) < 4.78 is 3.98. The van der Waals surface area contributed by atoms with Gasteiger partial charge in [-0.05, 0) is 64.7 Å². The maximum Gasteiger partial charge on any atom is 0.352 e. The number of hydrogen-bond acceptors (Lipinski definition) is 5. The van der Waals surface area contributed by atoms with Gasteiger partial charge in [-0.15, -0.1) is 0 Å². The number of anilines is 1. The van der Waals surface area contributed by atoms with E-state index in [9.17, 15) is 19.5 Å². The minimum atomic E-state index is -1.53. The van der Waals surface area contributed by atoms with E-state index in [4.69, 9.17) is 11.6 Å². The van der Waals surface area contributed by atoms with Gasteiger partial charge in [0.2, 0.25) is 11.8 Å². The molecule has 3 aliphatic rings. The van der Waals surface area contributed by atoms with Crippen LogP contribution in [0.1, 0.15) is 29.5 Å². The number of carbonyl (C=O) groups excluding carboxylic acids is 2. The Balaban J connectivity index is 1.38. The third-order valence-corrected chi connectivity index (χ3v) is 10.9.